The van der Waals surface area contributed by atoms with Gasteiger partial charge in [-0.1, -0.05) is 31.1 Å². The molecule has 0 atom stereocenters. The number of nitrogens with zero attached hydrogens (tertiary/aromatic N) is 5. The molecule has 0 aliphatic carbocycles. The van der Waals surface area contributed by atoms with Gasteiger partial charge in [0.1, 0.15) is 0 Å². The summed E-state index contributed by atoms with van der Waals surface area (Å²) in [6.07, 6.45) is 1.57. The SMILES string of the molecule is CC(C)c1noc2ncc(C(=O)N3CCN(Cc4ccc(C#N)cc4)CC3)cc12. The summed E-state index contributed by atoms with van der Waals surface area (Å²) in [5, 5.41) is 13.8. The van der Waals surface area contributed by atoms with Crippen molar-refractivity contribution in [3.05, 3.63) is 58.9 Å². The zero-order valence-corrected chi connectivity index (χ0v) is 16.6. The van der Waals surface area contributed by atoms with Crippen LogP contribution in [0.1, 0.15) is 46.9 Å². The lowest BCUT2D eigenvalue weighted by Crippen LogP contribution is -2.48. The van der Waals surface area contributed by atoms with Gasteiger partial charge in [0.2, 0.25) is 0 Å². The average Bonchev–Trinajstić information content (AvgIpc) is 3.18. The number of carbonyl (C=O) groups excluding carboxylic acids is 1. The number of hydrogen-bond donors (Lipinski definition) is 0. The maximum atomic E-state index is 13.0. The minimum Gasteiger partial charge on any atom is -0.336 e. The van der Waals surface area contributed by atoms with Crippen LogP contribution in [0.3, 0.4) is 0 Å². The molecule has 1 amide bonds. The zero-order valence-electron chi connectivity index (χ0n) is 16.6. The summed E-state index contributed by atoms with van der Waals surface area (Å²) in [6.45, 7) is 7.87. The normalized spacial score (nSPS) is 15.0. The smallest absolute Gasteiger partial charge is 0.257 e. The van der Waals surface area contributed by atoms with Crippen LogP contribution in [-0.2, 0) is 6.54 Å². The molecule has 7 nitrogen and oxygen atoms in total. The lowest BCUT2D eigenvalue weighted by molar-refractivity contribution is 0.0628. The molecule has 2 aromatic heterocycles. The van der Waals surface area contributed by atoms with Crippen LogP contribution in [0, 0.1) is 11.3 Å². The van der Waals surface area contributed by atoms with Crippen molar-refractivity contribution in [3.63, 3.8) is 0 Å². The second-order valence-corrected chi connectivity index (χ2v) is 7.68. The van der Waals surface area contributed by atoms with Crippen LogP contribution in [0.25, 0.3) is 11.1 Å². The van der Waals surface area contributed by atoms with Crippen molar-refractivity contribution in [2.75, 3.05) is 26.2 Å². The first-order chi connectivity index (χ1) is 14.0. The lowest BCUT2D eigenvalue weighted by atomic mass is 10.1. The maximum Gasteiger partial charge on any atom is 0.257 e. The predicted octanol–water partition coefficient (Wildman–Crippen LogP) is 3.18. The van der Waals surface area contributed by atoms with E-state index in [9.17, 15) is 4.79 Å². The van der Waals surface area contributed by atoms with Gasteiger partial charge in [0.15, 0.2) is 0 Å². The van der Waals surface area contributed by atoms with Crippen molar-refractivity contribution in [2.45, 2.75) is 26.3 Å². The number of rotatable bonds is 4. The molecule has 1 aliphatic heterocycles. The maximum absolute atomic E-state index is 13.0. The van der Waals surface area contributed by atoms with Crippen LogP contribution in [0.2, 0.25) is 0 Å². The van der Waals surface area contributed by atoms with Crippen molar-refractivity contribution in [2.24, 2.45) is 0 Å². The second-order valence-electron chi connectivity index (χ2n) is 7.68. The molecule has 1 saturated heterocycles. The summed E-state index contributed by atoms with van der Waals surface area (Å²) in [5.74, 6) is 0.197. The Labute approximate surface area is 169 Å². The van der Waals surface area contributed by atoms with E-state index in [0.29, 0.717) is 29.9 Å². The van der Waals surface area contributed by atoms with E-state index in [2.05, 4.69) is 21.1 Å². The number of nitriles is 1. The van der Waals surface area contributed by atoms with Gasteiger partial charge in [-0.3, -0.25) is 9.69 Å². The van der Waals surface area contributed by atoms with Gasteiger partial charge in [-0.2, -0.15) is 5.26 Å². The Bertz CT molecular complexity index is 1060. The Morgan fingerprint density at radius 1 is 1.21 bits per heavy atom. The summed E-state index contributed by atoms with van der Waals surface area (Å²) in [5.41, 5.74) is 3.71. The van der Waals surface area contributed by atoms with Gasteiger partial charge < -0.3 is 9.42 Å². The average molecular weight is 389 g/mol. The van der Waals surface area contributed by atoms with Gasteiger partial charge in [-0.25, -0.2) is 4.98 Å². The van der Waals surface area contributed by atoms with Gasteiger partial charge in [0, 0.05) is 38.9 Å². The van der Waals surface area contributed by atoms with Crippen LogP contribution < -0.4 is 0 Å². The largest absolute Gasteiger partial charge is 0.336 e. The topological polar surface area (TPSA) is 86.3 Å². The molecule has 0 unspecified atom stereocenters. The Morgan fingerprint density at radius 3 is 2.59 bits per heavy atom. The van der Waals surface area contributed by atoms with Crippen LogP contribution in [0.5, 0.6) is 0 Å². The van der Waals surface area contributed by atoms with E-state index in [4.69, 9.17) is 9.78 Å². The third kappa shape index (κ3) is 3.98. The summed E-state index contributed by atoms with van der Waals surface area (Å²) in [7, 11) is 0. The molecule has 29 heavy (non-hydrogen) atoms. The first kappa shape index (κ1) is 19.1. The molecule has 0 spiro atoms. The van der Waals surface area contributed by atoms with Gasteiger partial charge in [-0.15, -0.1) is 0 Å². The molecule has 0 radical (unpaired) electrons. The molecule has 4 rings (SSSR count). The van der Waals surface area contributed by atoms with Crippen molar-refractivity contribution < 1.29 is 9.32 Å². The third-order valence-corrected chi connectivity index (χ3v) is 5.30. The molecule has 1 fully saturated rings. The van der Waals surface area contributed by atoms with Crippen molar-refractivity contribution in [3.8, 4) is 6.07 Å². The molecule has 7 heteroatoms. The van der Waals surface area contributed by atoms with Crippen LogP contribution in [0.4, 0.5) is 0 Å². The van der Waals surface area contributed by atoms with Gasteiger partial charge in [-0.05, 0) is 29.7 Å². The highest BCUT2D eigenvalue weighted by Crippen LogP contribution is 2.24. The van der Waals surface area contributed by atoms with Crippen molar-refractivity contribution in [1.29, 1.82) is 5.26 Å². The number of fused-ring (bicyclic) bond motifs is 1. The zero-order chi connectivity index (χ0) is 20.4. The number of piperazine rings is 1. The quantitative estimate of drug-likeness (QED) is 0.681. The highest BCUT2D eigenvalue weighted by Gasteiger charge is 2.24. The monoisotopic (exact) mass is 389 g/mol. The third-order valence-electron chi connectivity index (χ3n) is 5.30. The van der Waals surface area contributed by atoms with Crippen LogP contribution in [-0.4, -0.2) is 52.0 Å². The van der Waals surface area contributed by atoms with Crippen molar-refractivity contribution in [1.82, 2.24) is 19.9 Å². The lowest BCUT2D eigenvalue weighted by Gasteiger charge is -2.34. The summed E-state index contributed by atoms with van der Waals surface area (Å²) >= 11 is 0. The van der Waals surface area contributed by atoms with Crippen LogP contribution in [0.15, 0.2) is 41.1 Å². The van der Waals surface area contributed by atoms with E-state index >= 15 is 0 Å². The highest BCUT2D eigenvalue weighted by atomic mass is 16.5. The molecule has 0 saturated carbocycles. The molecule has 1 aliphatic rings. The predicted molar refractivity (Wildman–Crippen MR) is 108 cm³/mol. The molecule has 148 valence electrons. The van der Waals surface area contributed by atoms with Gasteiger partial charge >= 0.3 is 0 Å². The number of benzene rings is 1. The molecule has 3 aromatic rings. The first-order valence-corrected chi connectivity index (χ1v) is 9.81. The minimum absolute atomic E-state index is 0.00618. The molecule has 0 N–H and O–H groups in total. The van der Waals surface area contributed by atoms with Crippen molar-refractivity contribution >= 4 is 17.0 Å². The number of pyridine rings is 1. The van der Waals surface area contributed by atoms with E-state index in [0.717, 1.165) is 30.7 Å². The summed E-state index contributed by atoms with van der Waals surface area (Å²) in [4.78, 5) is 21.4. The number of hydrogen-bond acceptors (Lipinski definition) is 6. The standard InChI is InChI=1S/C22H23N5O2/c1-15(2)20-19-11-18(13-24-21(19)29-25-20)22(28)27-9-7-26(8-10-27)14-17-5-3-16(12-23)4-6-17/h3-6,11,13,15H,7-10,14H2,1-2H3. The van der Waals surface area contributed by atoms with Gasteiger partial charge in [0.05, 0.1) is 28.3 Å². The van der Waals surface area contributed by atoms with E-state index in [-0.39, 0.29) is 11.8 Å². The van der Waals surface area contributed by atoms with Crippen LogP contribution >= 0.6 is 0 Å². The Kier molecular flexibility index (Phi) is 5.28. The Hall–Kier alpha value is -3.24. The molecule has 0 bridgehead atoms. The van der Waals surface area contributed by atoms with Gasteiger partial charge in [0.25, 0.3) is 11.6 Å². The summed E-state index contributed by atoms with van der Waals surface area (Å²) < 4.78 is 5.27. The molecule has 3 heterocycles. The fourth-order valence-corrected chi connectivity index (χ4v) is 3.62. The van der Waals surface area contributed by atoms with E-state index in [1.54, 1.807) is 6.20 Å². The number of carbonyl (C=O) groups is 1. The Balaban J connectivity index is 1.40. The van der Waals surface area contributed by atoms with E-state index < -0.39 is 0 Å². The fourth-order valence-electron chi connectivity index (χ4n) is 3.62. The first-order valence-electron chi connectivity index (χ1n) is 9.81. The molecular formula is C22H23N5O2. The Morgan fingerprint density at radius 2 is 1.93 bits per heavy atom. The number of amides is 1. The van der Waals surface area contributed by atoms with E-state index in [1.165, 1.54) is 5.56 Å². The molecular weight excluding hydrogens is 366 g/mol. The number of aromatic nitrogens is 2. The van der Waals surface area contributed by atoms with E-state index in [1.807, 2.05) is 49.1 Å². The minimum atomic E-state index is -0.00618. The second kappa shape index (κ2) is 8.02. The highest BCUT2D eigenvalue weighted by molar-refractivity contribution is 5.97. The molecule has 1 aromatic carbocycles. The fraction of sp³-hybridized carbons (Fsp3) is 0.364. The summed E-state index contributed by atoms with van der Waals surface area (Å²) in [6, 6.07) is 11.6.